The molecule has 0 N–H and O–H groups in total. The average Bonchev–Trinajstić information content (AvgIpc) is 2.87. The van der Waals surface area contributed by atoms with Gasteiger partial charge in [-0.05, 0) is 39.7 Å². The lowest BCUT2D eigenvalue weighted by molar-refractivity contribution is 0.628. The standard InChI is InChI=1S/C14H6BrCl2FN2S/c15-8-5-10(21-6-8)14-19-12(16)11(13(17)20-14)7-1-3-9(18)4-2-7/h1-6H. The van der Waals surface area contributed by atoms with E-state index in [1.165, 1.54) is 23.5 Å². The van der Waals surface area contributed by atoms with Crippen molar-refractivity contribution in [2.45, 2.75) is 0 Å². The molecule has 0 radical (unpaired) electrons. The number of aromatic nitrogens is 2. The van der Waals surface area contributed by atoms with Crippen LogP contribution in [0.4, 0.5) is 4.39 Å². The van der Waals surface area contributed by atoms with E-state index in [1.807, 2.05) is 11.4 Å². The summed E-state index contributed by atoms with van der Waals surface area (Å²) in [7, 11) is 0. The maximum absolute atomic E-state index is 13.0. The van der Waals surface area contributed by atoms with Crippen molar-refractivity contribution in [2.75, 3.05) is 0 Å². The molecule has 0 saturated heterocycles. The third-order valence-corrected chi connectivity index (χ3v) is 4.98. The monoisotopic (exact) mass is 402 g/mol. The summed E-state index contributed by atoms with van der Waals surface area (Å²) < 4.78 is 13.9. The molecule has 0 saturated carbocycles. The van der Waals surface area contributed by atoms with Crippen LogP contribution in [0.2, 0.25) is 10.3 Å². The molecule has 2 aromatic heterocycles. The van der Waals surface area contributed by atoms with Crippen LogP contribution in [0, 0.1) is 5.82 Å². The molecule has 0 aliphatic heterocycles. The molecular weight excluding hydrogens is 398 g/mol. The molecule has 2 nitrogen and oxygen atoms in total. The lowest BCUT2D eigenvalue weighted by atomic mass is 10.1. The normalized spacial score (nSPS) is 10.9. The highest BCUT2D eigenvalue weighted by Crippen LogP contribution is 2.36. The summed E-state index contributed by atoms with van der Waals surface area (Å²) in [5, 5.41) is 2.40. The predicted octanol–water partition coefficient (Wildman–Crippen LogP) is 6.08. The van der Waals surface area contributed by atoms with Crippen LogP contribution in [0.25, 0.3) is 21.8 Å². The Kier molecular flexibility index (Phi) is 4.26. The molecule has 0 bridgehead atoms. The van der Waals surface area contributed by atoms with E-state index in [0.717, 1.165) is 9.35 Å². The number of rotatable bonds is 2. The molecule has 106 valence electrons. The number of benzene rings is 1. The summed E-state index contributed by atoms with van der Waals surface area (Å²) in [6.45, 7) is 0. The van der Waals surface area contributed by atoms with Gasteiger partial charge in [0.25, 0.3) is 0 Å². The van der Waals surface area contributed by atoms with Crippen LogP contribution in [0.5, 0.6) is 0 Å². The van der Waals surface area contributed by atoms with E-state index in [-0.39, 0.29) is 16.1 Å². The zero-order valence-electron chi connectivity index (χ0n) is 10.3. The minimum Gasteiger partial charge on any atom is -0.215 e. The Morgan fingerprint density at radius 1 is 1.05 bits per heavy atom. The molecule has 7 heteroatoms. The summed E-state index contributed by atoms with van der Waals surface area (Å²) in [5.74, 6) is 0.138. The Balaban J connectivity index is 2.10. The highest BCUT2D eigenvalue weighted by Gasteiger charge is 2.15. The smallest absolute Gasteiger partial charge is 0.172 e. The third kappa shape index (κ3) is 3.11. The van der Waals surface area contributed by atoms with Crippen LogP contribution in [0.1, 0.15) is 0 Å². The minimum absolute atomic E-state index is 0.237. The molecule has 0 atom stereocenters. The van der Waals surface area contributed by atoms with Gasteiger partial charge < -0.3 is 0 Å². The number of hydrogen-bond donors (Lipinski definition) is 0. The molecule has 1 aromatic carbocycles. The molecule has 0 aliphatic carbocycles. The van der Waals surface area contributed by atoms with Crippen LogP contribution in [0.3, 0.4) is 0 Å². The van der Waals surface area contributed by atoms with E-state index >= 15 is 0 Å². The van der Waals surface area contributed by atoms with Crippen molar-refractivity contribution < 1.29 is 4.39 Å². The fraction of sp³-hybridized carbons (Fsp3) is 0. The number of thiophene rings is 1. The molecule has 0 amide bonds. The van der Waals surface area contributed by atoms with Crippen molar-refractivity contribution in [1.82, 2.24) is 9.97 Å². The number of hydrogen-bond acceptors (Lipinski definition) is 3. The van der Waals surface area contributed by atoms with Crippen molar-refractivity contribution in [3.05, 3.63) is 56.3 Å². The van der Waals surface area contributed by atoms with Crippen LogP contribution in [-0.4, -0.2) is 9.97 Å². The van der Waals surface area contributed by atoms with Crippen LogP contribution < -0.4 is 0 Å². The van der Waals surface area contributed by atoms with E-state index in [4.69, 9.17) is 23.2 Å². The maximum atomic E-state index is 13.0. The lowest BCUT2D eigenvalue weighted by Gasteiger charge is -2.07. The van der Waals surface area contributed by atoms with E-state index in [9.17, 15) is 4.39 Å². The van der Waals surface area contributed by atoms with Gasteiger partial charge in [0.2, 0.25) is 0 Å². The van der Waals surface area contributed by atoms with Crippen molar-refractivity contribution in [2.24, 2.45) is 0 Å². The summed E-state index contributed by atoms with van der Waals surface area (Å²) >= 11 is 17.3. The van der Waals surface area contributed by atoms with E-state index in [0.29, 0.717) is 17.0 Å². The average molecular weight is 404 g/mol. The van der Waals surface area contributed by atoms with Gasteiger partial charge in [-0.2, -0.15) is 0 Å². The second-order valence-corrected chi connectivity index (χ2v) is 6.68. The van der Waals surface area contributed by atoms with Crippen molar-refractivity contribution in [3.8, 4) is 21.8 Å². The first-order chi connectivity index (χ1) is 10.0. The molecule has 3 rings (SSSR count). The summed E-state index contributed by atoms with van der Waals surface area (Å²) in [6.07, 6.45) is 0. The van der Waals surface area contributed by atoms with Gasteiger partial charge in [-0.1, -0.05) is 35.3 Å². The fourth-order valence-electron chi connectivity index (χ4n) is 1.80. The van der Waals surface area contributed by atoms with Gasteiger partial charge in [-0.15, -0.1) is 11.3 Å². The van der Waals surface area contributed by atoms with Crippen molar-refractivity contribution >= 4 is 50.5 Å². The molecule has 2 heterocycles. The molecule has 21 heavy (non-hydrogen) atoms. The second-order valence-electron chi connectivity index (χ2n) is 4.14. The first-order valence-corrected chi connectivity index (χ1v) is 8.21. The van der Waals surface area contributed by atoms with Crippen LogP contribution in [-0.2, 0) is 0 Å². The predicted molar refractivity (Wildman–Crippen MR) is 88.5 cm³/mol. The Hall–Kier alpha value is -1.01. The largest absolute Gasteiger partial charge is 0.215 e. The third-order valence-electron chi connectivity index (χ3n) is 2.74. The van der Waals surface area contributed by atoms with Gasteiger partial charge in [-0.3, -0.25) is 0 Å². The Morgan fingerprint density at radius 3 is 2.19 bits per heavy atom. The second kappa shape index (κ2) is 6.01. The quantitative estimate of drug-likeness (QED) is 0.484. The molecule has 0 spiro atoms. The number of nitrogens with zero attached hydrogens (tertiary/aromatic N) is 2. The van der Waals surface area contributed by atoms with Crippen molar-refractivity contribution in [3.63, 3.8) is 0 Å². The lowest BCUT2D eigenvalue weighted by Crippen LogP contribution is -1.93. The summed E-state index contributed by atoms with van der Waals surface area (Å²) in [5.41, 5.74) is 1.17. The summed E-state index contributed by atoms with van der Waals surface area (Å²) in [4.78, 5) is 9.42. The Morgan fingerprint density at radius 2 is 1.67 bits per heavy atom. The molecule has 0 aliphatic rings. The zero-order chi connectivity index (χ0) is 15.0. The Bertz CT molecular complexity index is 782. The van der Waals surface area contributed by atoms with E-state index in [2.05, 4.69) is 25.9 Å². The van der Waals surface area contributed by atoms with Gasteiger partial charge in [0.05, 0.1) is 10.4 Å². The molecule has 3 aromatic rings. The van der Waals surface area contributed by atoms with Crippen LogP contribution >= 0.6 is 50.5 Å². The van der Waals surface area contributed by atoms with E-state index < -0.39 is 0 Å². The molecule has 0 fully saturated rings. The zero-order valence-corrected chi connectivity index (χ0v) is 14.2. The topological polar surface area (TPSA) is 25.8 Å². The van der Waals surface area contributed by atoms with Gasteiger partial charge >= 0.3 is 0 Å². The van der Waals surface area contributed by atoms with Crippen LogP contribution in [0.15, 0.2) is 40.2 Å². The highest BCUT2D eigenvalue weighted by atomic mass is 79.9. The fourth-order valence-corrected chi connectivity index (χ4v) is 3.77. The minimum atomic E-state index is -0.327. The van der Waals surface area contributed by atoms with Gasteiger partial charge in [-0.25, -0.2) is 14.4 Å². The SMILES string of the molecule is Fc1ccc(-c2c(Cl)nc(-c3cc(Br)cs3)nc2Cl)cc1. The van der Waals surface area contributed by atoms with Crippen molar-refractivity contribution in [1.29, 1.82) is 0 Å². The maximum Gasteiger partial charge on any atom is 0.172 e. The van der Waals surface area contributed by atoms with Gasteiger partial charge in [0.1, 0.15) is 16.1 Å². The van der Waals surface area contributed by atoms with E-state index in [1.54, 1.807) is 12.1 Å². The first-order valence-electron chi connectivity index (χ1n) is 5.78. The molecule has 0 unspecified atom stereocenters. The van der Waals surface area contributed by atoms with Gasteiger partial charge in [0.15, 0.2) is 5.82 Å². The number of halogens is 4. The first kappa shape index (κ1) is 14.9. The molecular formula is C14H6BrCl2FN2S. The highest BCUT2D eigenvalue weighted by molar-refractivity contribution is 9.10. The Labute approximate surface area is 142 Å². The van der Waals surface area contributed by atoms with Gasteiger partial charge in [0, 0.05) is 9.85 Å². The summed E-state index contributed by atoms with van der Waals surface area (Å²) in [6, 6.07) is 7.75.